The Morgan fingerprint density at radius 1 is 1.27 bits per heavy atom. The molecular weight excluding hydrogens is 292 g/mol. The Bertz CT molecular complexity index is 601. The second-order valence-electron chi connectivity index (χ2n) is 4.65. The first kappa shape index (κ1) is 15.6. The van der Waals surface area contributed by atoms with Crippen LogP contribution in [-0.4, -0.2) is 35.7 Å². The van der Waals surface area contributed by atoms with Crippen LogP contribution in [0.4, 0.5) is 10.5 Å². The number of benzene rings is 1. The summed E-state index contributed by atoms with van der Waals surface area (Å²) in [6.45, 7) is 1.75. The number of ether oxygens (including phenoxy) is 2. The molecule has 0 aliphatic carbocycles. The average Bonchev–Trinajstić information content (AvgIpc) is 2.93. The van der Waals surface area contributed by atoms with Gasteiger partial charge in [-0.2, -0.15) is 0 Å². The fourth-order valence-electron chi connectivity index (χ4n) is 1.87. The second-order valence-corrected chi connectivity index (χ2v) is 4.65. The van der Waals surface area contributed by atoms with Crippen molar-refractivity contribution in [2.75, 3.05) is 12.1 Å². The van der Waals surface area contributed by atoms with Gasteiger partial charge in [0, 0.05) is 24.6 Å². The lowest BCUT2D eigenvalue weighted by Crippen LogP contribution is -2.44. The summed E-state index contributed by atoms with van der Waals surface area (Å²) in [4.78, 5) is 34.2. The average molecular weight is 308 g/mol. The van der Waals surface area contributed by atoms with Crippen LogP contribution in [0.15, 0.2) is 18.2 Å². The number of anilines is 1. The number of amides is 2. The maximum atomic E-state index is 11.8. The van der Waals surface area contributed by atoms with Gasteiger partial charge in [-0.25, -0.2) is 9.59 Å². The van der Waals surface area contributed by atoms with Gasteiger partial charge in [0.15, 0.2) is 11.5 Å². The lowest BCUT2D eigenvalue weighted by Gasteiger charge is -2.14. The topological polar surface area (TPSA) is 114 Å². The van der Waals surface area contributed by atoms with E-state index in [1.807, 2.05) is 0 Å². The molecular formula is C14H16N2O6. The summed E-state index contributed by atoms with van der Waals surface area (Å²) < 4.78 is 10.3. The Hall–Kier alpha value is -2.77. The van der Waals surface area contributed by atoms with Crippen LogP contribution in [0.2, 0.25) is 0 Å². The summed E-state index contributed by atoms with van der Waals surface area (Å²) in [6.07, 6.45) is -0.0321. The van der Waals surface area contributed by atoms with E-state index in [0.717, 1.165) is 0 Å². The summed E-state index contributed by atoms with van der Waals surface area (Å²) >= 11 is 0. The SMILES string of the molecule is CCC(=O)CC(NC(=O)Nc1ccc2c(c1)OCO2)C(=O)O. The van der Waals surface area contributed by atoms with Crippen molar-refractivity contribution in [2.45, 2.75) is 25.8 Å². The standard InChI is InChI=1S/C14H16N2O6/c1-2-9(17)6-10(13(18)19)16-14(20)15-8-3-4-11-12(5-8)22-7-21-11/h3-5,10H,2,6-7H2,1H3,(H,18,19)(H2,15,16,20). The zero-order chi connectivity index (χ0) is 16.1. The number of hydrogen-bond acceptors (Lipinski definition) is 5. The van der Waals surface area contributed by atoms with Gasteiger partial charge in [0.1, 0.15) is 11.8 Å². The molecule has 0 saturated carbocycles. The van der Waals surface area contributed by atoms with E-state index in [4.69, 9.17) is 14.6 Å². The largest absolute Gasteiger partial charge is 0.480 e. The first-order chi connectivity index (χ1) is 10.5. The third-order valence-corrected chi connectivity index (χ3v) is 3.06. The lowest BCUT2D eigenvalue weighted by molar-refractivity contribution is -0.140. The maximum Gasteiger partial charge on any atom is 0.326 e. The number of carboxylic acids is 1. The summed E-state index contributed by atoms with van der Waals surface area (Å²) in [5.41, 5.74) is 0.424. The normalized spacial score (nSPS) is 13.3. The van der Waals surface area contributed by atoms with Gasteiger partial charge in [0.2, 0.25) is 6.79 Å². The van der Waals surface area contributed by atoms with Gasteiger partial charge in [-0.1, -0.05) is 6.92 Å². The highest BCUT2D eigenvalue weighted by atomic mass is 16.7. The molecule has 8 nitrogen and oxygen atoms in total. The molecule has 22 heavy (non-hydrogen) atoms. The number of rotatable bonds is 6. The number of carbonyl (C=O) groups is 3. The Kier molecular flexibility index (Phi) is 4.82. The summed E-state index contributed by atoms with van der Waals surface area (Å²) in [6, 6.07) is 2.82. The smallest absolute Gasteiger partial charge is 0.326 e. The van der Waals surface area contributed by atoms with E-state index in [2.05, 4.69) is 10.6 Å². The van der Waals surface area contributed by atoms with Gasteiger partial charge in [0.25, 0.3) is 0 Å². The fourth-order valence-corrected chi connectivity index (χ4v) is 1.87. The minimum atomic E-state index is -1.26. The van der Waals surface area contributed by atoms with Crippen LogP contribution >= 0.6 is 0 Å². The quantitative estimate of drug-likeness (QED) is 0.731. The first-order valence-electron chi connectivity index (χ1n) is 6.71. The zero-order valence-corrected chi connectivity index (χ0v) is 11.9. The minimum absolute atomic E-state index is 0.116. The van der Waals surface area contributed by atoms with Crippen molar-refractivity contribution in [1.82, 2.24) is 5.32 Å². The van der Waals surface area contributed by atoms with Crippen LogP contribution < -0.4 is 20.1 Å². The van der Waals surface area contributed by atoms with E-state index in [9.17, 15) is 14.4 Å². The summed E-state index contributed by atoms with van der Waals surface area (Å²) in [5, 5.41) is 13.8. The van der Waals surface area contributed by atoms with Crippen molar-refractivity contribution >= 4 is 23.5 Å². The molecule has 0 aromatic heterocycles. The molecule has 118 valence electrons. The van der Waals surface area contributed by atoms with Crippen LogP contribution in [0.5, 0.6) is 11.5 Å². The number of carbonyl (C=O) groups excluding carboxylic acids is 2. The highest BCUT2D eigenvalue weighted by molar-refractivity contribution is 5.94. The minimum Gasteiger partial charge on any atom is -0.480 e. The Labute approximate surface area is 126 Å². The number of hydrogen-bond donors (Lipinski definition) is 3. The van der Waals surface area contributed by atoms with Gasteiger partial charge in [-0.05, 0) is 12.1 Å². The second kappa shape index (κ2) is 6.79. The van der Waals surface area contributed by atoms with Crippen molar-refractivity contribution in [3.05, 3.63) is 18.2 Å². The molecule has 0 bridgehead atoms. The molecule has 1 aromatic carbocycles. The van der Waals surface area contributed by atoms with Crippen LogP contribution in [0, 0.1) is 0 Å². The molecule has 2 rings (SSSR count). The molecule has 3 N–H and O–H groups in total. The Morgan fingerprint density at radius 3 is 2.68 bits per heavy atom. The highest BCUT2D eigenvalue weighted by Crippen LogP contribution is 2.34. The van der Waals surface area contributed by atoms with Crippen molar-refractivity contribution in [3.63, 3.8) is 0 Å². The van der Waals surface area contributed by atoms with E-state index in [1.165, 1.54) is 0 Å². The van der Waals surface area contributed by atoms with E-state index < -0.39 is 18.0 Å². The van der Waals surface area contributed by atoms with Crippen molar-refractivity contribution in [2.24, 2.45) is 0 Å². The van der Waals surface area contributed by atoms with Crippen molar-refractivity contribution in [3.8, 4) is 11.5 Å². The number of urea groups is 1. The number of carboxylic acid groups (broad SMARTS) is 1. The molecule has 2 amide bonds. The number of nitrogens with one attached hydrogen (secondary N) is 2. The molecule has 8 heteroatoms. The van der Waals surface area contributed by atoms with Gasteiger partial charge in [0.05, 0.1) is 0 Å². The van der Waals surface area contributed by atoms with Crippen LogP contribution in [-0.2, 0) is 9.59 Å². The summed E-state index contributed by atoms with van der Waals surface area (Å²) in [7, 11) is 0. The molecule has 1 unspecified atom stereocenters. The van der Waals surface area contributed by atoms with Gasteiger partial charge >= 0.3 is 12.0 Å². The predicted molar refractivity (Wildman–Crippen MR) is 76.1 cm³/mol. The fraction of sp³-hybridized carbons (Fsp3) is 0.357. The molecule has 1 aliphatic heterocycles. The third kappa shape index (κ3) is 3.87. The van der Waals surface area contributed by atoms with Gasteiger partial charge in [-0.15, -0.1) is 0 Å². The molecule has 1 atom stereocenters. The zero-order valence-electron chi connectivity index (χ0n) is 11.9. The van der Waals surface area contributed by atoms with E-state index >= 15 is 0 Å². The molecule has 1 aromatic rings. The van der Waals surface area contributed by atoms with Gasteiger partial charge < -0.3 is 25.2 Å². The number of ketones is 1. The van der Waals surface area contributed by atoms with Crippen LogP contribution in [0.25, 0.3) is 0 Å². The Morgan fingerprint density at radius 2 is 2.00 bits per heavy atom. The van der Waals surface area contributed by atoms with Crippen molar-refractivity contribution in [1.29, 1.82) is 0 Å². The summed E-state index contributed by atoms with van der Waals surface area (Å²) in [5.74, 6) is -0.435. The number of fused-ring (bicyclic) bond motifs is 1. The van der Waals surface area contributed by atoms with Crippen LogP contribution in [0.3, 0.4) is 0 Å². The Balaban J connectivity index is 1.96. The molecule has 0 radical (unpaired) electrons. The molecule has 0 fully saturated rings. The third-order valence-electron chi connectivity index (χ3n) is 3.06. The molecule has 0 spiro atoms. The predicted octanol–water partition coefficient (Wildman–Crippen LogP) is 1.36. The van der Waals surface area contributed by atoms with E-state index in [0.29, 0.717) is 17.2 Å². The monoisotopic (exact) mass is 308 g/mol. The first-order valence-corrected chi connectivity index (χ1v) is 6.71. The number of Topliss-reactive ketones (excluding diaryl/α,β-unsaturated/α-hetero) is 1. The van der Waals surface area contributed by atoms with E-state index in [1.54, 1.807) is 25.1 Å². The number of aliphatic carboxylic acids is 1. The molecule has 1 aliphatic rings. The lowest BCUT2D eigenvalue weighted by atomic mass is 10.1. The van der Waals surface area contributed by atoms with Crippen LogP contribution in [0.1, 0.15) is 19.8 Å². The van der Waals surface area contributed by atoms with Crippen molar-refractivity contribution < 1.29 is 29.0 Å². The van der Waals surface area contributed by atoms with Gasteiger partial charge in [-0.3, -0.25) is 4.79 Å². The highest BCUT2D eigenvalue weighted by Gasteiger charge is 2.23. The molecule has 1 heterocycles. The van der Waals surface area contributed by atoms with E-state index in [-0.39, 0.29) is 25.4 Å². The molecule has 0 saturated heterocycles. The maximum absolute atomic E-state index is 11.8.